The summed E-state index contributed by atoms with van der Waals surface area (Å²) in [6.07, 6.45) is 0.917. The maximum absolute atomic E-state index is 11.3. The molecule has 0 unspecified atom stereocenters. The van der Waals surface area contributed by atoms with Crippen LogP contribution in [0, 0.1) is 6.92 Å². The zero-order valence-electron chi connectivity index (χ0n) is 10.4. The van der Waals surface area contributed by atoms with Crippen LogP contribution >= 0.6 is 0 Å². The Morgan fingerprint density at radius 2 is 2.06 bits per heavy atom. The van der Waals surface area contributed by atoms with Gasteiger partial charge in [0, 0.05) is 11.9 Å². The first-order valence-corrected chi connectivity index (χ1v) is 5.95. The smallest absolute Gasteiger partial charge is 0.352 e. The third-order valence-electron chi connectivity index (χ3n) is 3.32. The molecule has 0 fully saturated rings. The monoisotopic (exact) mass is 231 g/mol. The Kier molecular flexibility index (Phi) is 2.92. The standard InChI is InChI=1S/C14H17NO2/c1-4-10-7-6-8-11-9(3)12(14(16)17)15(5-2)13(10)11/h6-8H,4-5H2,1-3H3,(H,16,17). The summed E-state index contributed by atoms with van der Waals surface area (Å²) in [7, 11) is 0. The van der Waals surface area contributed by atoms with Gasteiger partial charge in [0.1, 0.15) is 5.69 Å². The third kappa shape index (κ3) is 1.62. The largest absolute Gasteiger partial charge is 0.477 e. The molecule has 3 heteroatoms. The van der Waals surface area contributed by atoms with E-state index in [9.17, 15) is 9.90 Å². The summed E-state index contributed by atoms with van der Waals surface area (Å²) in [6.45, 7) is 6.65. The second kappa shape index (κ2) is 4.24. The van der Waals surface area contributed by atoms with Gasteiger partial charge in [-0.3, -0.25) is 0 Å². The van der Waals surface area contributed by atoms with Gasteiger partial charge in [0.05, 0.1) is 5.52 Å². The molecule has 0 atom stereocenters. The summed E-state index contributed by atoms with van der Waals surface area (Å²) >= 11 is 0. The molecule has 90 valence electrons. The predicted molar refractivity (Wildman–Crippen MR) is 68.7 cm³/mol. The lowest BCUT2D eigenvalue weighted by atomic mass is 10.1. The molecule has 2 rings (SSSR count). The molecule has 0 saturated heterocycles. The molecule has 2 aromatic rings. The van der Waals surface area contributed by atoms with Crippen molar-refractivity contribution in [1.29, 1.82) is 0 Å². The molecule has 17 heavy (non-hydrogen) atoms. The quantitative estimate of drug-likeness (QED) is 0.881. The van der Waals surface area contributed by atoms with Gasteiger partial charge in [-0.1, -0.05) is 25.1 Å². The topological polar surface area (TPSA) is 42.2 Å². The molecule has 3 nitrogen and oxygen atoms in total. The Morgan fingerprint density at radius 1 is 1.35 bits per heavy atom. The molecule has 0 spiro atoms. The lowest BCUT2D eigenvalue weighted by molar-refractivity contribution is 0.0685. The molecule has 0 amide bonds. The van der Waals surface area contributed by atoms with Gasteiger partial charge in [-0.15, -0.1) is 0 Å². The van der Waals surface area contributed by atoms with Gasteiger partial charge in [-0.2, -0.15) is 0 Å². The molecule has 1 heterocycles. The molecule has 1 N–H and O–H groups in total. The maximum atomic E-state index is 11.3. The van der Waals surface area contributed by atoms with E-state index in [0.717, 1.165) is 22.9 Å². The minimum atomic E-state index is -0.845. The van der Waals surface area contributed by atoms with Gasteiger partial charge in [-0.25, -0.2) is 4.79 Å². The van der Waals surface area contributed by atoms with Crippen LogP contribution in [0.2, 0.25) is 0 Å². The molecule has 0 aliphatic heterocycles. The van der Waals surface area contributed by atoms with E-state index in [0.29, 0.717) is 12.2 Å². The molecule has 1 aromatic heterocycles. The van der Waals surface area contributed by atoms with Crippen LogP contribution in [-0.4, -0.2) is 15.6 Å². The Morgan fingerprint density at radius 3 is 2.59 bits per heavy atom. The number of benzene rings is 1. The fourth-order valence-electron chi connectivity index (χ4n) is 2.53. The summed E-state index contributed by atoms with van der Waals surface area (Å²) < 4.78 is 1.91. The average Bonchev–Trinajstić information content (AvgIpc) is 2.62. The van der Waals surface area contributed by atoms with Crippen LogP contribution in [0.25, 0.3) is 10.9 Å². The Bertz CT molecular complexity index is 581. The fraction of sp³-hybridized carbons (Fsp3) is 0.357. The van der Waals surface area contributed by atoms with E-state index < -0.39 is 5.97 Å². The highest BCUT2D eigenvalue weighted by Gasteiger charge is 2.19. The van der Waals surface area contributed by atoms with Crippen molar-refractivity contribution >= 4 is 16.9 Å². The summed E-state index contributed by atoms with van der Waals surface area (Å²) in [4.78, 5) is 11.3. The Labute approximate surface area is 101 Å². The molecular formula is C14H17NO2. The number of nitrogens with zero attached hydrogens (tertiary/aromatic N) is 1. The van der Waals surface area contributed by atoms with E-state index >= 15 is 0 Å². The summed E-state index contributed by atoms with van der Waals surface area (Å²) in [5.41, 5.74) is 3.57. The van der Waals surface area contributed by atoms with Crippen LogP contribution in [0.15, 0.2) is 18.2 Å². The van der Waals surface area contributed by atoms with Crippen LogP contribution in [0.4, 0.5) is 0 Å². The maximum Gasteiger partial charge on any atom is 0.352 e. The number of fused-ring (bicyclic) bond motifs is 1. The SMILES string of the molecule is CCc1cccc2c(C)c(C(=O)O)n(CC)c12. The molecule has 0 radical (unpaired) electrons. The summed E-state index contributed by atoms with van der Waals surface area (Å²) in [5, 5.41) is 10.4. The predicted octanol–water partition coefficient (Wildman–Crippen LogP) is 3.23. The van der Waals surface area contributed by atoms with Crippen LogP contribution in [-0.2, 0) is 13.0 Å². The number of carboxylic acid groups (broad SMARTS) is 1. The molecule has 1 aromatic carbocycles. The highest BCUT2D eigenvalue weighted by molar-refractivity contribution is 5.99. The first kappa shape index (κ1) is 11.7. The van der Waals surface area contributed by atoms with Gasteiger partial charge in [-0.05, 0) is 31.4 Å². The molecule has 0 saturated carbocycles. The molecule has 0 bridgehead atoms. The van der Waals surface area contributed by atoms with Crippen LogP contribution in [0.5, 0.6) is 0 Å². The van der Waals surface area contributed by atoms with Crippen molar-refractivity contribution in [2.24, 2.45) is 0 Å². The van der Waals surface area contributed by atoms with E-state index in [4.69, 9.17) is 0 Å². The second-order valence-electron chi connectivity index (χ2n) is 4.19. The minimum Gasteiger partial charge on any atom is -0.477 e. The van der Waals surface area contributed by atoms with Crippen molar-refractivity contribution < 1.29 is 9.90 Å². The molecule has 0 aliphatic rings. The lowest BCUT2D eigenvalue weighted by Crippen LogP contribution is -2.08. The van der Waals surface area contributed by atoms with Crippen molar-refractivity contribution in [3.8, 4) is 0 Å². The third-order valence-corrected chi connectivity index (χ3v) is 3.32. The van der Waals surface area contributed by atoms with Gasteiger partial charge in [0.2, 0.25) is 0 Å². The van der Waals surface area contributed by atoms with Crippen LogP contribution < -0.4 is 0 Å². The first-order chi connectivity index (χ1) is 8.11. The van der Waals surface area contributed by atoms with Gasteiger partial charge < -0.3 is 9.67 Å². The Hall–Kier alpha value is -1.77. The van der Waals surface area contributed by atoms with Crippen molar-refractivity contribution in [1.82, 2.24) is 4.57 Å². The highest BCUT2D eigenvalue weighted by atomic mass is 16.4. The number of aromatic nitrogens is 1. The highest BCUT2D eigenvalue weighted by Crippen LogP contribution is 2.28. The van der Waals surface area contributed by atoms with Gasteiger partial charge in [0.15, 0.2) is 0 Å². The van der Waals surface area contributed by atoms with E-state index in [1.165, 1.54) is 5.56 Å². The minimum absolute atomic E-state index is 0.420. The van der Waals surface area contributed by atoms with E-state index in [-0.39, 0.29) is 0 Å². The average molecular weight is 231 g/mol. The zero-order chi connectivity index (χ0) is 12.6. The number of hydrogen-bond donors (Lipinski definition) is 1. The van der Waals surface area contributed by atoms with Crippen LogP contribution in [0.3, 0.4) is 0 Å². The van der Waals surface area contributed by atoms with Crippen molar-refractivity contribution in [3.63, 3.8) is 0 Å². The number of rotatable bonds is 3. The number of carbonyl (C=O) groups is 1. The van der Waals surface area contributed by atoms with E-state index in [2.05, 4.69) is 13.0 Å². The second-order valence-corrected chi connectivity index (χ2v) is 4.19. The Balaban J connectivity index is 2.94. The van der Waals surface area contributed by atoms with Crippen molar-refractivity contribution in [2.75, 3.05) is 0 Å². The number of para-hydroxylation sites is 1. The van der Waals surface area contributed by atoms with E-state index in [1.54, 1.807) is 0 Å². The fourth-order valence-corrected chi connectivity index (χ4v) is 2.53. The summed E-state index contributed by atoms with van der Waals surface area (Å²) in [5.74, 6) is -0.845. The molecular weight excluding hydrogens is 214 g/mol. The van der Waals surface area contributed by atoms with Crippen molar-refractivity contribution in [3.05, 3.63) is 35.0 Å². The zero-order valence-corrected chi connectivity index (χ0v) is 10.4. The number of aryl methyl sites for hydroxylation is 3. The van der Waals surface area contributed by atoms with Crippen molar-refractivity contribution in [2.45, 2.75) is 33.7 Å². The first-order valence-electron chi connectivity index (χ1n) is 5.95. The summed E-state index contributed by atoms with van der Waals surface area (Å²) in [6, 6.07) is 6.07. The normalized spacial score (nSPS) is 11.0. The van der Waals surface area contributed by atoms with E-state index in [1.807, 2.05) is 30.5 Å². The number of hydrogen-bond acceptors (Lipinski definition) is 1. The van der Waals surface area contributed by atoms with Crippen LogP contribution in [0.1, 0.15) is 35.5 Å². The van der Waals surface area contributed by atoms with Gasteiger partial charge in [0.25, 0.3) is 0 Å². The lowest BCUT2D eigenvalue weighted by Gasteiger charge is -2.07. The number of aromatic carboxylic acids is 1. The molecule has 0 aliphatic carbocycles. The number of carboxylic acids is 1. The van der Waals surface area contributed by atoms with Gasteiger partial charge >= 0.3 is 5.97 Å².